The van der Waals surface area contributed by atoms with E-state index in [0.29, 0.717) is 37.1 Å². The maximum Gasteiger partial charge on any atom is 0.289 e. The zero-order valence-corrected chi connectivity index (χ0v) is 16.1. The van der Waals surface area contributed by atoms with E-state index < -0.39 is 0 Å². The number of amides is 1. The molecule has 2 aromatic rings. The summed E-state index contributed by atoms with van der Waals surface area (Å²) in [4.78, 5) is 17.2. The number of likely N-dealkylation sites (tertiary alicyclic amines) is 1. The molecule has 28 heavy (non-hydrogen) atoms. The van der Waals surface area contributed by atoms with E-state index in [1.54, 1.807) is 16.9 Å². The normalized spacial score (nSPS) is 23.8. The van der Waals surface area contributed by atoms with Gasteiger partial charge in [0.25, 0.3) is 5.91 Å². The third kappa shape index (κ3) is 4.63. The summed E-state index contributed by atoms with van der Waals surface area (Å²) >= 11 is 0. The first kappa shape index (κ1) is 19.2. The molecule has 4 heterocycles. The zero-order valence-electron chi connectivity index (χ0n) is 16.1. The summed E-state index contributed by atoms with van der Waals surface area (Å²) in [5.74, 6) is 1.42. The molecule has 2 aliphatic heterocycles. The highest BCUT2D eigenvalue weighted by Gasteiger charge is 2.32. The molecule has 8 heteroatoms. The Bertz CT molecular complexity index is 754. The number of carbonyl (C=O) groups excluding carboxylic acids is 1. The number of ether oxygens (including phenoxy) is 1. The first-order chi connectivity index (χ1) is 13.7. The second kappa shape index (κ2) is 8.89. The molecule has 2 atom stereocenters. The van der Waals surface area contributed by atoms with Crippen molar-refractivity contribution < 1.29 is 19.1 Å². The molecule has 0 aliphatic carbocycles. The molecule has 152 valence electrons. The van der Waals surface area contributed by atoms with E-state index in [4.69, 9.17) is 9.15 Å². The van der Waals surface area contributed by atoms with Crippen molar-refractivity contribution in [3.8, 4) is 0 Å². The Morgan fingerprint density at radius 2 is 2.04 bits per heavy atom. The number of aliphatic hydroxyl groups excluding tert-OH is 1. The van der Waals surface area contributed by atoms with Gasteiger partial charge in [0.2, 0.25) is 0 Å². The van der Waals surface area contributed by atoms with Gasteiger partial charge in [-0.2, -0.15) is 5.10 Å². The van der Waals surface area contributed by atoms with E-state index in [-0.39, 0.29) is 18.4 Å². The molecule has 0 bridgehead atoms. The van der Waals surface area contributed by atoms with Crippen molar-refractivity contribution in [1.82, 2.24) is 19.6 Å². The van der Waals surface area contributed by atoms with Crippen LogP contribution >= 0.6 is 0 Å². The average Bonchev–Trinajstić information content (AvgIpc) is 3.40. The minimum atomic E-state index is -0.100. The lowest BCUT2D eigenvalue weighted by Gasteiger charge is -2.39. The summed E-state index contributed by atoms with van der Waals surface area (Å²) < 4.78 is 13.0. The van der Waals surface area contributed by atoms with Crippen LogP contribution in [0, 0.1) is 11.8 Å². The van der Waals surface area contributed by atoms with Crippen LogP contribution < -0.4 is 0 Å². The highest BCUT2D eigenvalue weighted by Crippen LogP contribution is 2.25. The summed E-state index contributed by atoms with van der Waals surface area (Å²) in [5.41, 5.74) is 0. The topological polar surface area (TPSA) is 84.0 Å². The number of hydrogen-bond donors (Lipinski definition) is 1. The second-order valence-electron chi connectivity index (χ2n) is 7.74. The van der Waals surface area contributed by atoms with E-state index in [9.17, 15) is 9.90 Å². The molecule has 2 aliphatic rings. The average molecular weight is 388 g/mol. The van der Waals surface area contributed by atoms with Gasteiger partial charge >= 0.3 is 0 Å². The second-order valence-corrected chi connectivity index (χ2v) is 7.74. The first-order valence-corrected chi connectivity index (χ1v) is 9.97. The Balaban J connectivity index is 1.39. The summed E-state index contributed by atoms with van der Waals surface area (Å²) in [7, 11) is 0. The number of rotatable bonds is 6. The highest BCUT2D eigenvalue weighted by atomic mass is 16.5. The molecule has 0 saturated carbocycles. The standard InChI is InChI=1S/C20H28N4O4/c25-15-17-10-16(11-22-6-8-27-9-7-22)12-23(13-17)20(26)19-3-2-18(28-19)14-24-5-1-4-21-24/h1-5,16-17,25H,6-15H2/t16-,17+/m0/s1. The highest BCUT2D eigenvalue weighted by molar-refractivity contribution is 5.91. The maximum absolute atomic E-state index is 13.0. The van der Waals surface area contributed by atoms with Gasteiger partial charge in [0.15, 0.2) is 5.76 Å². The van der Waals surface area contributed by atoms with Crippen LogP contribution in [0.25, 0.3) is 0 Å². The number of carbonyl (C=O) groups is 1. The van der Waals surface area contributed by atoms with Crippen molar-refractivity contribution in [1.29, 1.82) is 0 Å². The van der Waals surface area contributed by atoms with Crippen LogP contribution in [-0.4, -0.2) is 83.1 Å². The van der Waals surface area contributed by atoms with Gasteiger partial charge in [0.1, 0.15) is 5.76 Å². The molecular weight excluding hydrogens is 360 g/mol. The SMILES string of the molecule is O=C(c1ccc(Cn2cccn2)o1)N1C[C@H](CO)C[C@@H](CN2CCOCC2)C1. The van der Waals surface area contributed by atoms with Gasteiger partial charge in [0.05, 0.1) is 19.8 Å². The van der Waals surface area contributed by atoms with Crippen molar-refractivity contribution in [3.05, 3.63) is 42.1 Å². The number of aliphatic hydroxyl groups is 1. The van der Waals surface area contributed by atoms with E-state index in [2.05, 4.69) is 10.00 Å². The number of hydrogen-bond acceptors (Lipinski definition) is 6. The first-order valence-electron chi connectivity index (χ1n) is 9.97. The largest absolute Gasteiger partial charge is 0.454 e. The fourth-order valence-electron chi connectivity index (χ4n) is 4.18. The minimum absolute atomic E-state index is 0.100. The van der Waals surface area contributed by atoms with Crippen molar-refractivity contribution >= 4 is 5.91 Å². The third-order valence-electron chi connectivity index (χ3n) is 5.54. The van der Waals surface area contributed by atoms with Crippen LogP contribution in [0.2, 0.25) is 0 Å². The van der Waals surface area contributed by atoms with Crippen molar-refractivity contribution in [2.24, 2.45) is 11.8 Å². The quantitative estimate of drug-likeness (QED) is 0.793. The van der Waals surface area contributed by atoms with E-state index in [1.165, 1.54) is 0 Å². The smallest absolute Gasteiger partial charge is 0.289 e. The van der Waals surface area contributed by atoms with Gasteiger partial charge in [-0.1, -0.05) is 0 Å². The van der Waals surface area contributed by atoms with Gasteiger partial charge in [-0.3, -0.25) is 14.4 Å². The zero-order chi connectivity index (χ0) is 19.3. The molecule has 2 aromatic heterocycles. The predicted molar refractivity (Wildman–Crippen MR) is 102 cm³/mol. The van der Waals surface area contributed by atoms with Crippen LogP contribution in [0.3, 0.4) is 0 Å². The maximum atomic E-state index is 13.0. The Morgan fingerprint density at radius 3 is 2.79 bits per heavy atom. The van der Waals surface area contributed by atoms with Crippen molar-refractivity contribution in [2.75, 3.05) is 52.5 Å². The Hall–Kier alpha value is -2.16. The van der Waals surface area contributed by atoms with Crippen LogP contribution in [0.1, 0.15) is 22.7 Å². The number of aromatic nitrogens is 2. The molecule has 2 fully saturated rings. The van der Waals surface area contributed by atoms with Crippen LogP contribution in [0.4, 0.5) is 0 Å². The lowest BCUT2D eigenvalue weighted by molar-refractivity contribution is 0.0123. The van der Waals surface area contributed by atoms with Crippen LogP contribution in [0.5, 0.6) is 0 Å². The summed E-state index contributed by atoms with van der Waals surface area (Å²) in [5, 5.41) is 13.9. The molecule has 0 radical (unpaired) electrons. The number of nitrogens with zero attached hydrogens (tertiary/aromatic N) is 4. The predicted octanol–water partition coefficient (Wildman–Crippen LogP) is 0.927. The van der Waals surface area contributed by atoms with Gasteiger partial charge in [-0.25, -0.2) is 0 Å². The van der Waals surface area contributed by atoms with Gasteiger partial charge in [-0.05, 0) is 36.5 Å². The van der Waals surface area contributed by atoms with Crippen LogP contribution in [0.15, 0.2) is 35.0 Å². The van der Waals surface area contributed by atoms with E-state index in [1.807, 2.05) is 23.2 Å². The molecule has 2 saturated heterocycles. The summed E-state index contributed by atoms with van der Waals surface area (Å²) in [6.07, 6.45) is 4.52. The lowest BCUT2D eigenvalue weighted by Crippen LogP contribution is -2.49. The molecule has 0 unspecified atom stereocenters. The number of piperidine rings is 1. The molecule has 0 aromatic carbocycles. The van der Waals surface area contributed by atoms with Gasteiger partial charge < -0.3 is 19.2 Å². The van der Waals surface area contributed by atoms with Crippen LogP contribution in [-0.2, 0) is 11.3 Å². The number of morpholine rings is 1. The van der Waals surface area contributed by atoms with Crippen molar-refractivity contribution in [2.45, 2.75) is 13.0 Å². The molecule has 8 nitrogen and oxygen atoms in total. The fraction of sp³-hybridized carbons (Fsp3) is 0.600. The monoisotopic (exact) mass is 388 g/mol. The lowest BCUT2D eigenvalue weighted by atomic mass is 9.89. The van der Waals surface area contributed by atoms with Gasteiger partial charge in [-0.15, -0.1) is 0 Å². The summed E-state index contributed by atoms with van der Waals surface area (Å²) in [6.45, 7) is 6.21. The molecular formula is C20H28N4O4. The Labute approximate surface area is 164 Å². The minimum Gasteiger partial charge on any atom is -0.454 e. The summed E-state index contributed by atoms with van der Waals surface area (Å²) in [6, 6.07) is 5.42. The van der Waals surface area contributed by atoms with Gasteiger partial charge in [0, 0.05) is 51.7 Å². The molecule has 4 rings (SSSR count). The Morgan fingerprint density at radius 1 is 1.21 bits per heavy atom. The molecule has 1 amide bonds. The molecule has 1 N–H and O–H groups in total. The fourth-order valence-corrected chi connectivity index (χ4v) is 4.18. The van der Waals surface area contributed by atoms with Crippen molar-refractivity contribution in [3.63, 3.8) is 0 Å². The third-order valence-corrected chi connectivity index (χ3v) is 5.54. The van der Waals surface area contributed by atoms with E-state index >= 15 is 0 Å². The van der Waals surface area contributed by atoms with E-state index in [0.717, 1.165) is 39.3 Å². The number of furan rings is 1. The molecule has 0 spiro atoms. The Kier molecular flexibility index (Phi) is 6.09.